The van der Waals surface area contributed by atoms with Crippen molar-refractivity contribution in [2.75, 3.05) is 31.5 Å². The number of anilines is 1. The number of piperazine rings is 1. The maximum Gasteiger partial charge on any atom is 0.238 e. The molecule has 2 aromatic rings. The fourth-order valence-electron chi connectivity index (χ4n) is 2.68. The fourth-order valence-corrected chi connectivity index (χ4v) is 2.68. The first-order chi connectivity index (χ1) is 11.2. The van der Waals surface area contributed by atoms with E-state index in [0.29, 0.717) is 13.1 Å². The molecule has 1 heterocycles. The highest BCUT2D eigenvalue weighted by Gasteiger charge is 2.19. The minimum absolute atomic E-state index is 0.0336. The van der Waals surface area contributed by atoms with Crippen molar-refractivity contribution in [3.05, 3.63) is 54.6 Å². The summed E-state index contributed by atoms with van der Waals surface area (Å²) in [4.78, 5) is 25.5. The lowest BCUT2D eigenvalue weighted by atomic mass is 10.0. The standard InChI is InChI=1S/C18H19N3O2/c22-17-12-21(11-10-19-17)13-18(23)20-16-9-5-4-8-15(16)14-6-2-1-3-7-14/h1-9H,10-13H2,(H,19,22)(H,20,23). The van der Waals surface area contributed by atoms with Crippen LogP contribution in [0.15, 0.2) is 54.6 Å². The summed E-state index contributed by atoms with van der Waals surface area (Å²) in [5, 5.41) is 5.71. The highest BCUT2D eigenvalue weighted by molar-refractivity contribution is 5.96. The van der Waals surface area contributed by atoms with Crippen molar-refractivity contribution < 1.29 is 9.59 Å². The first-order valence-electron chi connectivity index (χ1n) is 7.66. The van der Waals surface area contributed by atoms with Crippen molar-refractivity contribution in [2.24, 2.45) is 0 Å². The van der Waals surface area contributed by atoms with Gasteiger partial charge >= 0.3 is 0 Å². The smallest absolute Gasteiger partial charge is 0.238 e. The van der Waals surface area contributed by atoms with Gasteiger partial charge in [0.05, 0.1) is 13.1 Å². The molecule has 0 unspecified atom stereocenters. The maximum atomic E-state index is 12.3. The zero-order valence-corrected chi connectivity index (χ0v) is 12.8. The number of amides is 2. The Morgan fingerprint density at radius 2 is 1.83 bits per heavy atom. The summed E-state index contributed by atoms with van der Waals surface area (Å²) in [5.41, 5.74) is 2.82. The van der Waals surface area contributed by atoms with E-state index in [1.54, 1.807) is 0 Å². The lowest BCUT2D eigenvalue weighted by Gasteiger charge is -2.25. The van der Waals surface area contributed by atoms with Crippen LogP contribution in [0.2, 0.25) is 0 Å². The average Bonchev–Trinajstić information content (AvgIpc) is 2.56. The van der Waals surface area contributed by atoms with Crippen LogP contribution in [0.25, 0.3) is 11.1 Å². The van der Waals surface area contributed by atoms with Crippen LogP contribution >= 0.6 is 0 Å². The molecule has 3 rings (SSSR count). The summed E-state index contributed by atoms with van der Waals surface area (Å²) < 4.78 is 0. The van der Waals surface area contributed by atoms with E-state index in [9.17, 15) is 9.59 Å². The van der Waals surface area contributed by atoms with Crippen LogP contribution in [0, 0.1) is 0 Å². The first kappa shape index (κ1) is 15.2. The Bertz CT molecular complexity index is 700. The van der Waals surface area contributed by atoms with Crippen LogP contribution in [0.1, 0.15) is 0 Å². The number of hydrogen-bond donors (Lipinski definition) is 2. The molecule has 0 saturated carbocycles. The van der Waals surface area contributed by atoms with Gasteiger partial charge in [-0.25, -0.2) is 0 Å². The molecule has 5 heteroatoms. The zero-order chi connectivity index (χ0) is 16.1. The molecule has 0 aromatic heterocycles. The molecule has 1 aliphatic heterocycles. The van der Waals surface area contributed by atoms with E-state index in [2.05, 4.69) is 10.6 Å². The molecule has 2 aromatic carbocycles. The van der Waals surface area contributed by atoms with Gasteiger partial charge < -0.3 is 10.6 Å². The number of rotatable bonds is 4. The predicted molar refractivity (Wildman–Crippen MR) is 90.0 cm³/mol. The van der Waals surface area contributed by atoms with Crippen LogP contribution in [0.3, 0.4) is 0 Å². The van der Waals surface area contributed by atoms with E-state index in [-0.39, 0.29) is 24.9 Å². The van der Waals surface area contributed by atoms with E-state index in [1.807, 2.05) is 59.5 Å². The molecule has 1 aliphatic rings. The lowest BCUT2D eigenvalue weighted by molar-refractivity contribution is -0.125. The summed E-state index contributed by atoms with van der Waals surface area (Å²) in [6.45, 7) is 1.77. The Kier molecular flexibility index (Phi) is 4.68. The summed E-state index contributed by atoms with van der Waals surface area (Å²) >= 11 is 0. The Morgan fingerprint density at radius 3 is 2.61 bits per heavy atom. The van der Waals surface area contributed by atoms with Crippen molar-refractivity contribution in [3.63, 3.8) is 0 Å². The summed E-state index contributed by atoms with van der Waals surface area (Å²) in [6, 6.07) is 17.7. The van der Waals surface area contributed by atoms with E-state index >= 15 is 0 Å². The second-order valence-electron chi connectivity index (χ2n) is 5.52. The third kappa shape index (κ3) is 3.96. The van der Waals surface area contributed by atoms with E-state index in [0.717, 1.165) is 16.8 Å². The van der Waals surface area contributed by atoms with Crippen molar-refractivity contribution in [3.8, 4) is 11.1 Å². The highest BCUT2D eigenvalue weighted by Crippen LogP contribution is 2.27. The number of carbonyl (C=O) groups excluding carboxylic acids is 2. The summed E-state index contributed by atoms with van der Waals surface area (Å²) in [5.74, 6) is -0.142. The molecular weight excluding hydrogens is 290 g/mol. The number of benzene rings is 2. The molecule has 118 valence electrons. The molecule has 5 nitrogen and oxygen atoms in total. The van der Waals surface area contributed by atoms with E-state index < -0.39 is 0 Å². The number of para-hydroxylation sites is 1. The Labute approximate surface area is 135 Å². The third-order valence-corrected chi connectivity index (χ3v) is 3.77. The van der Waals surface area contributed by atoms with Gasteiger partial charge in [-0.3, -0.25) is 14.5 Å². The summed E-state index contributed by atoms with van der Waals surface area (Å²) in [6.07, 6.45) is 0. The van der Waals surface area contributed by atoms with E-state index in [1.165, 1.54) is 0 Å². The molecule has 0 atom stereocenters. The van der Waals surface area contributed by atoms with Crippen molar-refractivity contribution in [1.29, 1.82) is 0 Å². The topological polar surface area (TPSA) is 61.4 Å². The minimum atomic E-state index is -0.108. The molecule has 1 saturated heterocycles. The van der Waals surface area contributed by atoms with Crippen molar-refractivity contribution >= 4 is 17.5 Å². The van der Waals surface area contributed by atoms with Gasteiger partial charge in [-0.1, -0.05) is 48.5 Å². The predicted octanol–water partition coefficient (Wildman–Crippen LogP) is 1.72. The minimum Gasteiger partial charge on any atom is -0.354 e. The van der Waals surface area contributed by atoms with Gasteiger partial charge in [-0.15, -0.1) is 0 Å². The SMILES string of the molecule is O=C1CN(CC(=O)Nc2ccccc2-c2ccccc2)CCN1. The molecule has 1 fully saturated rings. The molecule has 2 amide bonds. The second kappa shape index (κ2) is 7.07. The molecule has 23 heavy (non-hydrogen) atoms. The van der Waals surface area contributed by atoms with E-state index in [4.69, 9.17) is 0 Å². The van der Waals surface area contributed by atoms with Gasteiger partial charge in [0.2, 0.25) is 11.8 Å². The van der Waals surface area contributed by atoms with Gasteiger partial charge in [-0.2, -0.15) is 0 Å². The molecule has 2 N–H and O–H groups in total. The van der Waals surface area contributed by atoms with Gasteiger partial charge in [0.1, 0.15) is 0 Å². The Balaban J connectivity index is 1.70. The fraction of sp³-hybridized carbons (Fsp3) is 0.222. The third-order valence-electron chi connectivity index (χ3n) is 3.77. The number of hydrogen-bond acceptors (Lipinski definition) is 3. The van der Waals surface area contributed by atoms with Crippen LogP contribution in [0.4, 0.5) is 5.69 Å². The number of nitrogens with zero attached hydrogens (tertiary/aromatic N) is 1. The maximum absolute atomic E-state index is 12.3. The molecular formula is C18H19N3O2. The van der Waals surface area contributed by atoms with Crippen molar-refractivity contribution in [1.82, 2.24) is 10.2 Å². The molecule has 0 spiro atoms. The Morgan fingerprint density at radius 1 is 1.09 bits per heavy atom. The van der Waals surface area contributed by atoms with Gasteiger partial charge in [0, 0.05) is 24.3 Å². The number of carbonyl (C=O) groups is 2. The monoisotopic (exact) mass is 309 g/mol. The zero-order valence-electron chi connectivity index (χ0n) is 12.8. The van der Waals surface area contributed by atoms with Gasteiger partial charge in [0.25, 0.3) is 0 Å². The average molecular weight is 309 g/mol. The number of nitrogens with one attached hydrogen (secondary N) is 2. The highest BCUT2D eigenvalue weighted by atomic mass is 16.2. The normalized spacial score (nSPS) is 15.0. The molecule has 0 aliphatic carbocycles. The Hall–Kier alpha value is -2.66. The van der Waals surface area contributed by atoms with Crippen molar-refractivity contribution in [2.45, 2.75) is 0 Å². The molecule has 0 bridgehead atoms. The molecule has 0 radical (unpaired) electrons. The van der Waals surface area contributed by atoms with Crippen LogP contribution in [-0.4, -0.2) is 42.9 Å². The quantitative estimate of drug-likeness (QED) is 0.904. The summed E-state index contributed by atoms with van der Waals surface area (Å²) in [7, 11) is 0. The van der Waals surface area contributed by atoms with Crippen LogP contribution in [-0.2, 0) is 9.59 Å². The van der Waals surface area contributed by atoms with Crippen LogP contribution in [0.5, 0.6) is 0 Å². The van der Waals surface area contributed by atoms with Gasteiger partial charge in [-0.05, 0) is 11.6 Å². The first-order valence-corrected chi connectivity index (χ1v) is 7.66. The largest absolute Gasteiger partial charge is 0.354 e. The second-order valence-corrected chi connectivity index (χ2v) is 5.52. The van der Waals surface area contributed by atoms with Gasteiger partial charge in [0.15, 0.2) is 0 Å². The lowest BCUT2D eigenvalue weighted by Crippen LogP contribution is -2.49. The van der Waals surface area contributed by atoms with Crippen LogP contribution < -0.4 is 10.6 Å².